The Labute approximate surface area is 184 Å². The van der Waals surface area contributed by atoms with Crippen LogP contribution in [0.1, 0.15) is 20.7 Å². The van der Waals surface area contributed by atoms with Gasteiger partial charge in [-0.15, -0.1) is 0 Å². The fourth-order valence-corrected chi connectivity index (χ4v) is 3.82. The van der Waals surface area contributed by atoms with Crippen molar-refractivity contribution in [1.82, 2.24) is 4.72 Å². The number of rotatable bonds is 6. The zero-order chi connectivity index (χ0) is 22.7. The quantitative estimate of drug-likeness (QED) is 0.528. The molecule has 1 aliphatic rings. The second-order valence-electron chi connectivity index (χ2n) is 6.79. The normalized spacial score (nSPS) is 12.3. The molecule has 0 radical (unpaired) electrons. The van der Waals surface area contributed by atoms with E-state index in [-0.39, 0.29) is 23.2 Å². The van der Waals surface area contributed by atoms with Crippen molar-refractivity contribution in [3.63, 3.8) is 0 Å². The van der Waals surface area contributed by atoms with E-state index in [0.717, 1.165) is 0 Å². The minimum atomic E-state index is -3.67. The van der Waals surface area contributed by atoms with Crippen LogP contribution >= 0.6 is 0 Å². The van der Waals surface area contributed by atoms with Gasteiger partial charge in [0.1, 0.15) is 0 Å². The standard InChI is InChI=1S/C22H19N3O6S/c1-23-32(28,29)18-7-2-4-14(10-18)21(26)24-16-5-3-6-17(12-16)25-22(27)15-8-9-19-20(11-15)31-13-30-19/h2-12,23H,13H2,1H3,(H,24,26)(H,25,27). The van der Waals surface area contributed by atoms with Crippen LogP contribution in [0.5, 0.6) is 11.5 Å². The first-order valence-corrected chi connectivity index (χ1v) is 11.0. The molecule has 0 unspecified atom stereocenters. The van der Waals surface area contributed by atoms with E-state index >= 15 is 0 Å². The van der Waals surface area contributed by atoms with Gasteiger partial charge in [0.2, 0.25) is 16.8 Å². The second kappa shape index (κ2) is 8.69. The fourth-order valence-electron chi connectivity index (χ4n) is 3.04. The third-order valence-electron chi connectivity index (χ3n) is 4.69. The number of anilines is 2. The Balaban J connectivity index is 1.47. The first-order valence-electron chi connectivity index (χ1n) is 9.52. The molecular formula is C22H19N3O6S. The SMILES string of the molecule is CNS(=O)(=O)c1cccc(C(=O)Nc2cccc(NC(=O)c3ccc4c(c3)OCO4)c2)c1. The predicted molar refractivity (Wildman–Crippen MR) is 118 cm³/mol. The van der Waals surface area contributed by atoms with E-state index in [9.17, 15) is 18.0 Å². The molecule has 1 heterocycles. The van der Waals surface area contributed by atoms with E-state index in [1.807, 2.05) is 0 Å². The minimum absolute atomic E-state index is 0.0163. The van der Waals surface area contributed by atoms with Gasteiger partial charge < -0.3 is 20.1 Å². The summed E-state index contributed by atoms with van der Waals surface area (Å²) in [7, 11) is -2.37. The number of hydrogen-bond donors (Lipinski definition) is 3. The van der Waals surface area contributed by atoms with Gasteiger partial charge in [0.05, 0.1) is 4.90 Å². The van der Waals surface area contributed by atoms with Gasteiger partial charge in [-0.05, 0) is 61.6 Å². The highest BCUT2D eigenvalue weighted by Crippen LogP contribution is 2.32. The lowest BCUT2D eigenvalue weighted by Gasteiger charge is -2.10. The first-order chi connectivity index (χ1) is 15.4. The van der Waals surface area contributed by atoms with Crippen LogP contribution in [0.15, 0.2) is 71.6 Å². The summed E-state index contributed by atoms with van der Waals surface area (Å²) in [4.78, 5) is 25.2. The summed E-state index contributed by atoms with van der Waals surface area (Å²) in [6.45, 7) is 0.117. The third-order valence-corrected chi connectivity index (χ3v) is 6.10. The predicted octanol–water partition coefficient (Wildman–Crippen LogP) is 2.83. The lowest BCUT2D eigenvalue weighted by molar-refractivity contribution is 0.101. The topological polar surface area (TPSA) is 123 Å². The molecule has 0 atom stereocenters. The Hall–Kier alpha value is -3.89. The molecule has 0 aliphatic carbocycles. The molecule has 2 amide bonds. The number of benzene rings is 3. The Morgan fingerprint density at radius 2 is 1.41 bits per heavy atom. The summed E-state index contributed by atoms with van der Waals surface area (Å²) >= 11 is 0. The Bertz CT molecular complexity index is 1310. The van der Waals surface area contributed by atoms with E-state index in [4.69, 9.17) is 9.47 Å². The first kappa shape index (κ1) is 21.3. The molecule has 1 aliphatic heterocycles. The smallest absolute Gasteiger partial charge is 0.255 e. The molecule has 9 nitrogen and oxygen atoms in total. The van der Waals surface area contributed by atoms with Crippen LogP contribution in [-0.2, 0) is 10.0 Å². The number of carbonyl (C=O) groups excluding carboxylic acids is 2. The number of nitrogens with one attached hydrogen (secondary N) is 3. The molecule has 0 fully saturated rings. The van der Waals surface area contributed by atoms with Gasteiger partial charge in [0, 0.05) is 22.5 Å². The summed E-state index contributed by atoms with van der Waals surface area (Å²) < 4.78 is 36.7. The van der Waals surface area contributed by atoms with Crippen molar-refractivity contribution in [3.05, 3.63) is 77.9 Å². The van der Waals surface area contributed by atoms with E-state index in [1.165, 1.54) is 31.3 Å². The molecule has 3 N–H and O–H groups in total. The Kier molecular flexibility index (Phi) is 5.80. The molecule has 32 heavy (non-hydrogen) atoms. The molecule has 0 saturated heterocycles. The molecule has 0 saturated carbocycles. The summed E-state index contributed by atoms with van der Waals surface area (Å²) in [6.07, 6.45) is 0. The maximum atomic E-state index is 12.6. The van der Waals surface area contributed by atoms with E-state index in [1.54, 1.807) is 42.5 Å². The maximum absolute atomic E-state index is 12.6. The van der Waals surface area contributed by atoms with Gasteiger partial charge in [-0.3, -0.25) is 9.59 Å². The maximum Gasteiger partial charge on any atom is 0.255 e. The number of amides is 2. The summed E-state index contributed by atoms with van der Waals surface area (Å²) in [6, 6.07) is 17.2. The largest absolute Gasteiger partial charge is 0.454 e. The van der Waals surface area contributed by atoms with Crippen molar-refractivity contribution in [2.24, 2.45) is 0 Å². The molecule has 10 heteroatoms. The van der Waals surface area contributed by atoms with Crippen LogP contribution in [0.25, 0.3) is 0 Å². The molecule has 3 aromatic carbocycles. The van der Waals surface area contributed by atoms with Gasteiger partial charge in [-0.1, -0.05) is 12.1 Å². The average molecular weight is 453 g/mol. The molecule has 0 bridgehead atoms. The van der Waals surface area contributed by atoms with Crippen molar-refractivity contribution in [3.8, 4) is 11.5 Å². The zero-order valence-corrected chi connectivity index (χ0v) is 17.7. The minimum Gasteiger partial charge on any atom is -0.454 e. The van der Waals surface area contributed by atoms with Crippen molar-refractivity contribution >= 4 is 33.2 Å². The second-order valence-corrected chi connectivity index (χ2v) is 8.68. The highest BCUT2D eigenvalue weighted by atomic mass is 32.2. The van der Waals surface area contributed by atoms with Gasteiger partial charge in [0.25, 0.3) is 11.8 Å². The van der Waals surface area contributed by atoms with Crippen molar-refractivity contribution in [2.75, 3.05) is 24.5 Å². The molecule has 0 spiro atoms. The lowest BCUT2D eigenvalue weighted by atomic mass is 10.1. The van der Waals surface area contributed by atoms with Crippen LogP contribution in [0.2, 0.25) is 0 Å². The van der Waals surface area contributed by atoms with Crippen molar-refractivity contribution in [1.29, 1.82) is 0 Å². The van der Waals surface area contributed by atoms with E-state index in [2.05, 4.69) is 15.4 Å². The number of fused-ring (bicyclic) bond motifs is 1. The van der Waals surface area contributed by atoms with Crippen molar-refractivity contribution in [2.45, 2.75) is 4.90 Å². The molecule has 4 rings (SSSR count). The van der Waals surface area contributed by atoms with Crippen LogP contribution in [-0.4, -0.2) is 34.1 Å². The Morgan fingerprint density at radius 1 is 0.781 bits per heavy atom. The van der Waals surface area contributed by atoms with Crippen molar-refractivity contribution < 1.29 is 27.5 Å². The number of carbonyl (C=O) groups is 2. The number of ether oxygens (including phenoxy) is 2. The lowest BCUT2D eigenvalue weighted by Crippen LogP contribution is -2.19. The van der Waals surface area contributed by atoms with Crippen LogP contribution in [0.4, 0.5) is 11.4 Å². The highest BCUT2D eigenvalue weighted by molar-refractivity contribution is 7.89. The number of hydrogen-bond acceptors (Lipinski definition) is 6. The van der Waals surface area contributed by atoms with Gasteiger partial charge in [0.15, 0.2) is 11.5 Å². The number of sulfonamides is 1. The average Bonchev–Trinajstić information content (AvgIpc) is 3.27. The summed E-state index contributed by atoms with van der Waals surface area (Å²) in [5.41, 5.74) is 1.47. The monoisotopic (exact) mass is 453 g/mol. The molecular weight excluding hydrogens is 434 g/mol. The van der Waals surface area contributed by atoms with E-state index in [0.29, 0.717) is 28.4 Å². The Morgan fingerprint density at radius 3 is 2.09 bits per heavy atom. The van der Waals surface area contributed by atoms with Crippen LogP contribution in [0.3, 0.4) is 0 Å². The van der Waals surface area contributed by atoms with E-state index < -0.39 is 15.9 Å². The summed E-state index contributed by atoms with van der Waals surface area (Å²) in [5.74, 6) is 0.244. The molecule has 0 aromatic heterocycles. The van der Waals surface area contributed by atoms with Crippen LogP contribution < -0.4 is 24.8 Å². The third kappa shape index (κ3) is 4.56. The highest BCUT2D eigenvalue weighted by Gasteiger charge is 2.17. The fraction of sp³-hybridized carbons (Fsp3) is 0.0909. The van der Waals surface area contributed by atoms with Gasteiger partial charge >= 0.3 is 0 Å². The molecule has 164 valence electrons. The summed E-state index contributed by atoms with van der Waals surface area (Å²) in [5, 5.41) is 5.47. The van der Waals surface area contributed by atoms with Gasteiger partial charge in [-0.2, -0.15) is 0 Å². The van der Waals surface area contributed by atoms with Crippen LogP contribution in [0, 0.1) is 0 Å². The van der Waals surface area contributed by atoms with Gasteiger partial charge in [-0.25, -0.2) is 13.1 Å². The molecule has 3 aromatic rings. The zero-order valence-electron chi connectivity index (χ0n) is 16.9.